The topological polar surface area (TPSA) is 72.2 Å². The molecule has 1 heterocycles. The van der Waals surface area contributed by atoms with Crippen LogP contribution in [-0.2, 0) is 17.8 Å². The largest absolute Gasteiger partial charge is 0.394 e. The van der Waals surface area contributed by atoms with E-state index in [0.29, 0.717) is 37.9 Å². The SMILES string of the molecule is OCCOCCNCc1nn(Cc2cccc(Cl)c2)nc1-c1ccccc1. The summed E-state index contributed by atoms with van der Waals surface area (Å²) in [5.74, 6) is 0. The van der Waals surface area contributed by atoms with Crippen LogP contribution in [0.1, 0.15) is 11.3 Å². The fraction of sp³-hybridized carbons (Fsp3) is 0.300. The van der Waals surface area contributed by atoms with Crippen LogP contribution < -0.4 is 5.32 Å². The van der Waals surface area contributed by atoms with Crippen LogP contribution in [0.25, 0.3) is 11.3 Å². The molecule has 1 aromatic heterocycles. The van der Waals surface area contributed by atoms with Crippen molar-refractivity contribution < 1.29 is 9.84 Å². The first-order chi connectivity index (χ1) is 13.3. The molecule has 0 aliphatic rings. The first-order valence-corrected chi connectivity index (χ1v) is 9.27. The van der Waals surface area contributed by atoms with E-state index in [2.05, 4.69) is 10.4 Å². The molecule has 0 fully saturated rings. The van der Waals surface area contributed by atoms with Crippen LogP contribution in [0.5, 0.6) is 0 Å². The van der Waals surface area contributed by atoms with Gasteiger partial charge in [0.2, 0.25) is 0 Å². The van der Waals surface area contributed by atoms with Crippen LogP contribution in [0.3, 0.4) is 0 Å². The molecule has 0 unspecified atom stereocenters. The minimum Gasteiger partial charge on any atom is -0.394 e. The minimum absolute atomic E-state index is 0.0377. The zero-order chi connectivity index (χ0) is 18.9. The van der Waals surface area contributed by atoms with Gasteiger partial charge in [0.15, 0.2) is 0 Å². The predicted octanol–water partition coefficient (Wildman–Crippen LogP) is 2.75. The van der Waals surface area contributed by atoms with Crippen molar-refractivity contribution >= 4 is 11.6 Å². The van der Waals surface area contributed by atoms with Gasteiger partial charge >= 0.3 is 0 Å². The fourth-order valence-corrected chi connectivity index (χ4v) is 2.92. The summed E-state index contributed by atoms with van der Waals surface area (Å²) >= 11 is 6.08. The summed E-state index contributed by atoms with van der Waals surface area (Å²) in [5, 5.41) is 22.1. The summed E-state index contributed by atoms with van der Waals surface area (Å²) in [4.78, 5) is 1.70. The number of nitrogens with one attached hydrogen (secondary N) is 1. The Bertz CT molecular complexity index is 839. The molecule has 3 rings (SSSR count). The van der Waals surface area contributed by atoms with Gasteiger partial charge in [-0.2, -0.15) is 15.0 Å². The summed E-state index contributed by atoms with van der Waals surface area (Å²) in [6, 6.07) is 17.7. The molecule has 0 atom stereocenters. The maximum atomic E-state index is 8.73. The van der Waals surface area contributed by atoms with Crippen molar-refractivity contribution in [3.05, 3.63) is 70.9 Å². The molecular weight excluding hydrogens is 364 g/mol. The lowest BCUT2D eigenvalue weighted by molar-refractivity contribution is 0.0937. The van der Waals surface area contributed by atoms with Crippen molar-refractivity contribution in [1.82, 2.24) is 20.3 Å². The Kier molecular flexibility index (Phi) is 7.36. The van der Waals surface area contributed by atoms with Crippen molar-refractivity contribution in [2.24, 2.45) is 0 Å². The highest BCUT2D eigenvalue weighted by atomic mass is 35.5. The minimum atomic E-state index is 0.0377. The molecule has 6 nitrogen and oxygen atoms in total. The number of aromatic nitrogens is 3. The summed E-state index contributed by atoms with van der Waals surface area (Å²) in [5.41, 5.74) is 3.82. The zero-order valence-electron chi connectivity index (χ0n) is 15.0. The Morgan fingerprint density at radius 1 is 1.04 bits per heavy atom. The second-order valence-corrected chi connectivity index (χ2v) is 6.47. The highest BCUT2D eigenvalue weighted by molar-refractivity contribution is 6.30. The van der Waals surface area contributed by atoms with Gasteiger partial charge in [-0.05, 0) is 17.7 Å². The van der Waals surface area contributed by atoms with Gasteiger partial charge in [-0.25, -0.2) is 0 Å². The Morgan fingerprint density at radius 3 is 2.67 bits per heavy atom. The zero-order valence-corrected chi connectivity index (χ0v) is 15.8. The van der Waals surface area contributed by atoms with E-state index in [1.165, 1.54) is 0 Å². The van der Waals surface area contributed by atoms with Crippen LogP contribution in [0.4, 0.5) is 0 Å². The van der Waals surface area contributed by atoms with Crippen molar-refractivity contribution in [3.8, 4) is 11.3 Å². The van der Waals surface area contributed by atoms with Gasteiger partial charge in [0.25, 0.3) is 0 Å². The van der Waals surface area contributed by atoms with Gasteiger partial charge in [0.05, 0.1) is 26.4 Å². The number of hydrogen-bond acceptors (Lipinski definition) is 5. The number of nitrogens with zero attached hydrogens (tertiary/aromatic N) is 3. The van der Waals surface area contributed by atoms with Crippen LogP contribution in [0.15, 0.2) is 54.6 Å². The number of ether oxygens (including phenoxy) is 1. The Labute approximate surface area is 163 Å². The number of benzene rings is 2. The third kappa shape index (κ3) is 5.87. The van der Waals surface area contributed by atoms with Crippen molar-refractivity contribution in [2.75, 3.05) is 26.4 Å². The molecule has 2 aromatic carbocycles. The summed E-state index contributed by atoms with van der Waals surface area (Å²) in [6.45, 7) is 2.75. The van der Waals surface area contributed by atoms with Crippen molar-refractivity contribution in [2.45, 2.75) is 13.1 Å². The second kappa shape index (κ2) is 10.2. The van der Waals surface area contributed by atoms with E-state index in [9.17, 15) is 0 Å². The molecule has 0 amide bonds. The lowest BCUT2D eigenvalue weighted by Crippen LogP contribution is -2.20. The van der Waals surface area contributed by atoms with E-state index in [4.69, 9.17) is 26.5 Å². The van der Waals surface area contributed by atoms with E-state index in [1.807, 2.05) is 54.6 Å². The van der Waals surface area contributed by atoms with E-state index < -0.39 is 0 Å². The van der Waals surface area contributed by atoms with Crippen LogP contribution in [0, 0.1) is 0 Å². The lowest BCUT2D eigenvalue weighted by Gasteiger charge is -2.04. The lowest BCUT2D eigenvalue weighted by atomic mass is 10.1. The standard InChI is InChI=1S/C20H23ClN4O2/c21-18-8-4-5-16(13-18)15-25-23-19(14-22-9-11-27-12-10-26)20(24-25)17-6-2-1-3-7-17/h1-8,13,22,26H,9-12,14-15H2. The van der Waals surface area contributed by atoms with Gasteiger partial charge in [0, 0.05) is 23.7 Å². The van der Waals surface area contributed by atoms with Crippen LogP contribution >= 0.6 is 11.6 Å². The highest BCUT2D eigenvalue weighted by Gasteiger charge is 2.13. The Morgan fingerprint density at radius 2 is 1.89 bits per heavy atom. The molecule has 142 valence electrons. The van der Waals surface area contributed by atoms with Crippen molar-refractivity contribution in [3.63, 3.8) is 0 Å². The van der Waals surface area contributed by atoms with Gasteiger partial charge in [-0.1, -0.05) is 54.1 Å². The maximum absolute atomic E-state index is 8.73. The summed E-state index contributed by atoms with van der Waals surface area (Å²) < 4.78 is 5.26. The molecule has 7 heteroatoms. The normalized spacial score (nSPS) is 11.0. The average molecular weight is 387 g/mol. The molecule has 0 spiro atoms. The molecular formula is C20H23ClN4O2. The molecule has 0 saturated heterocycles. The van der Waals surface area contributed by atoms with E-state index >= 15 is 0 Å². The molecule has 0 bridgehead atoms. The third-order valence-corrected chi connectivity index (χ3v) is 4.17. The van der Waals surface area contributed by atoms with Gasteiger partial charge < -0.3 is 15.2 Å². The Hall–Kier alpha value is -2.25. The second-order valence-electron chi connectivity index (χ2n) is 6.03. The number of halogens is 1. The van der Waals surface area contributed by atoms with E-state index in [-0.39, 0.29) is 6.61 Å². The van der Waals surface area contributed by atoms with Crippen LogP contribution in [0.2, 0.25) is 5.02 Å². The summed E-state index contributed by atoms with van der Waals surface area (Å²) in [7, 11) is 0. The molecule has 2 N–H and O–H groups in total. The molecule has 0 saturated carbocycles. The molecule has 3 aromatic rings. The molecule has 27 heavy (non-hydrogen) atoms. The number of hydrogen-bond donors (Lipinski definition) is 2. The number of aliphatic hydroxyl groups excluding tert-OH is 1. The van der Waals surface area contributed by atoms with E-state index in [1.54, 1.807) is 4.80 Å². The van der Waals surface area contributed by atoms with Gasteiger partial charge in [-0.3, -0.25) is 0 Å². The number of rotatable bonds is 10. The predicted molar refractivity (Wildman–Crippen MR) is 106 cm³/mol. The monoisotopic (exact) mass is 386 g/mol. The quantitative estimate of drug-likeness (QED) is 0.524. The van der Waals surface area contributed by atoms with E-state index in [0.717, 1.165) is 22.5 Å². The average Bonchev–Trinajstić information content (AvgIpc) is 3.08. The van der Waals surface area contributed by atoms with Gasteiger partial charge in [0.1, 0.15) is 11.4 Å². The third-order valence-electron chi connectivity index (χ3n) is 3.94. The smallest absolute Gasteiger partial charge is 0.117 e. The molecule has 0 aliphatic carbocycles. The Balaban J connectivity index is 1.73. The maximum Gasteiger partial charge on any atom is 0.117 e. The molecule has 0 radical (unpaired) electrons. The summed E-state index contributed by atoms with van der Waals surface area (Å²) in [6.07, 6.45) is 0. The number of aliphatic hydroxyl groups is 1. The van der Waals surface area contributed by atoms with Crippen LogP contribution in [-0.4, -0.2) is 46.5 Å². The van der Waals surface area contributed by atoms with Crippen molar-refractivity contribution in [1.29, 1.82) is 0 Å². The first kappa shape index (κ1) is 19.5. The first-order valence-electron chi connectivity index (χ1n) is 8.89. The van der Waals surface area contributed by atoms with Gasteiger partial charge in [-0.15, -0.1) is 0 Å². The molecule has 0 aliphatic heterocycles. The fourth-order valence-electron chi connectivity index (χ4n) is 2.71. The highest BCUT2D eigenvalue weighted by Crippen LogP contribution is 2.20.